The predicted molar refractivity (Wildman–Crippen MR) is 115 cm³/mol. The van der Waals surface area contributed by atoms with Crippen molar-refractivity contribution in [3.8, 4) is 0 Å². The van der Waals surface area contributed by atoms with Gasteiger partial charge in [0.1, 0.15) is 25.4 Å². The molecule has 0 aliphatic carbocycles. The largest absolute Gasteiger partial charge is 0.445 e. The van der Waals surface area contributed by atoms with Gasteiger partial charge in [-0.25, -0.2) is 9.18 Å². The van der Waals surface area contributed by atoms with Gasteiger partial charge in [0, 0.05) is 20.5 Å². The van der Waals surface area contributed by atoms with E-state index in [1.807, 2.05) is 37.3 Å². The SMILES string of the molecule is CC[C@H](C)[C@H](NC(=O)OCc1ccccc1)C(=O)N[C@@H](CCC(=O)N(C)C)C(O)CF. The molecule has 4 atom stereocenters. The Labute approximate surface area is 183 Å². The molecule has 0 heterocycles. The van der Waals surface area contributed by atoms with Crippen molar-refractivity contribution in [3.05, 3.63) is 35.9 Å². The van der Waals surface area contributed by atoms with E-state index in [2.05, 4.69) is 10.6 Å². The molecular formula is C22H34FN3O5. The molecule has 3 N–H and O–H groups in total. The second kappa shape index (κ2) is 13.6. The van der Waals surface area contributed by atoms with Crippen molar-refractivity contribution in [3.63, 3.8) is 0 Å². The van der Waals surface area contributed by atoms with Gasteiger partial charge in [-0.15, -0.1) is 0 Å². The highest BCUT2D eigenvalue weighted by atomic mass is 19.1. The number of ether oxygens (including phenoxy) is 1. The zero-order valence-corrected chi connectivity index (χ0v) is 18.6. The first-order valence-corrected chi connectivity index (χ1v) is 10.4. The van der Waals surface area contributed by atoms with Gasteiger partial charge in [0.05, 0.1) is 6.04 Å². The van der Waals surface area contributed by atoms with Crippen molar-refractivity contribution >= 4 is 17.9 Å². The third-order valence-electron chi connectivity index (χ3n) is 5.10. The number of carbonyl (C=O) groups is 3. The number of carbonyl (C=O) groups excluding carboxylic acids is 3. The number of aliphatic hydroxyl groups is 1. The van der Waals surface area contributed by atoms with E-state index >= 15 is 0 Å². The first-order chi connectivity index (χ1) is 14.7. The zero-order chi connectivity index (χ0) is 23.4. The molecule has 0 saturated heterocycles. The number of benzene rings is 1. The molecule has 174 valence electrons. The molecule has 3 amide bonds. The summed E-state index contributed by atoms with van der Waals surface area (Å²) in [6.45, 7) is 2.64. The van der Waals surface area contributed by atoms with Crippen LogP contribution in [-0.2, 0) is 20.9 Å². The van der Waals surface area contributed by atoms with Crippen molar-refractivity contribution in [2.24, 2.45) is 5.92 Å². The Kier molecular flexibility index (Phi) is 11.6. The lowest BCUT2D eigenvalue weighted by molar-refractivity contribution is -0.130. The van der Waals surface area contributed by atoms with Gasteiger partial charge in [-0.1, -0.05) is 50.6 Å². The van der Waals surface area contributed by atoms with E-state index in [0.29, 0.717) is 6.42 Å². The molecule has 1 rings (SSSR count). The molecule has 1 aromatic carbocycles. The molecule has 1 aromatic rings. The van der Waals surface area contributed by atoms with Crippen molar-refractivity contribution in [2.45, 2.75) is 57.9 Å². The van der Waals surface area contributed by atoms with E-state index in [-0.39, 0.29) is 31.3 Å². The second-order valence-electron chi connectivity index (χ2n) is 7.73. The minimum absolute atomic E-state index is 0.0373. The van der Waals surface area contributed by atoms with E-state index < -0.39 is 36.9 Å². The summed E-state index contributed by atoms with van der Waals surface area (Å²) in [6, 6.07) is 7.21. The number of nitrogens with one attached hydrogen (secondary N) is 2. The first-order valence-electron chi connectivity index (χ1n) is 10.4. The van der Waals surface area contributed by atoms with Gasteiger partial charge in [0.2, 0.25) is 11.8 Å². The molecule has 0 spiro atoms. The Balaban J connectivity index is 2.76. The normalized spacial score (nSPS) is 14.6. The minimum Gasteiger partial charge on any atom is -0.445 e. The minimum atomic E-state index is -1.46. The summed E-state index contributed by atoms with van der Waals surface area (Å²) in [5.41, 5.74) is 0.805. The highest BCUT2D eigenvalue weighted by Crippen LogP contribution is 2.12. The molecule has 8 nitrogen and oxygen atoms in total. The smallest absolute Gasteiger partial charge is 0.408 e. The standard InChI is InChI=1S/C22H34FN3O5/c1-5-15(2)20(25-22(30)31-14-16-9-7-6-8-10-16)21(29)24-17(18(27)13-23)11-12-19(28)26(3)4/h6-10,15,17-18,20,27H,5,11-14H2,1-4H3,(H,24,29)(H,25,30)/t15-,17-,18?,20-/m0/s1. The number of nitrogens with zero attached hydrogens (tertiary/aromatic N) is 1. The summed E-state index contributed by atoms with van der Waals surface area (Å²) in [5, 5.41) is 15.1. The van der Waals surface area contributed by atoms with Crippen LogP contribution in [0.2, 0.25) is 0 Å². The summed E-state index contributed by atoms with van der Waals surface area (Å²) < 4.78 is 18.3. The van der Waals surface area contributed by atoms with Crippen LogP contribution in [0.4, 0.5) is 9.18 Å². The molecule has 0 radical (unpaired) electrons. The second-order valence-corrected chi connectivity index (χ2v) is 7.73. The molecule has 1 unspecified atom stereocenters. The summed E-state index contributed by atoms with van der Waals surface area (Å²) in [7, 11) is 3.18. The van der Waals surface area contributed by atoms with Crippen molar-refractivity contribution in [2.75, 3.05) is 20.8 Å². The van der Waals surface area contributed by atoms with E-state index in [1.165, 1.54) is 4.90 Å². The Morgan fingerprint density at radius 1 is 1.16 bits per heavy atom. The fraction of sp³-hybridized carbons (Fsp3) is 0.591. The molecule has 31 heavy (non-hydrogen) atoms. The van der Waals surface area contributed by atoms with Gasteiger partial charge in [0.25, 0.3) is 0 Å². The quantitative estimate of drug-likeness (QED) is 0.462. The topological polar surface area (TPSA) is 108 Å². The summed E-state index contributed by atoms with van der Waals surface area (Å²) in [4.78, 5) is 38.3. The summed E-state index contributed by atoms with van der Waals surface area (Å²) in [6.07, 6.45) is -1.52. The molecule has 0 fully saturated rings. The number of hydrogen-bond acceptors (Lipinski definition) is 5. The lowest BCUT2D eigenvalue weighted by atomic mass is 9.97. The van der Waals surface area contributed by atoms with E-state index in [1.54, 1.807) is 21.0 Å². The van der Waals surface area contributed by atoms with Crippen LogP contribution in [0.3, 0.4) is 0 Å². The Morgan fingerprint density at radius 2 is 1.81 bits per heavy atom. The number of aliphatic hydroxyl groups excluding tert-OH is 1. The van der Waals surface area contributed by atoms with Crippen LogP contribution in [0.1, 0.15) is 38.7 Å². The van der Waals surface area contributed by atoms with Gasteiger partial charge < -0.3 is 25.4 Å². The maximum atomic E-state index is 13.1. The van der Waals surface area contributed by atoms with Gasteiger partial charge >= 0.3 is 6.09 Å². The average Bonchev–Trinajstić information content (AvgIpc) is 2.77. The maximum absolute atomic E-state index is 13.1. The highest BCUT2D eigenvalue weighted by molar-refractivity contribution is 5.86. The zero-order valence-electron chi connectivity index (χ0n) is 18.6. The Hall–Kier alpha value is -2.68. The third kappa shape index (κ3) is 9.33. The summed E-state index contributed by atoms with van der Waals surface area (Å²) >= 11 is 0. The Morgan fingerprint density at radius 3 is 2.35 bits per heavy atom. The van der Waals surface area contributed by atoms with Crippen LogP contribution in [0.5, 0.6) is 0 Å². The maximum Gasteiger partial charge on any atom is 0.408 e. The van der Waals surface area contributed by atoms with Crippen molar-refractivity contribution in [1.82, 2.24) is 15.5 Å². The lowest BCUT2D eigenvalue weighted by Gasteiger charge is -2.28. The molecule has 9 heteroatoms. The number of rotatable bonds is 12. The Bertz CT molecular complexity index is 702. The molecule has 0 aliphatic rings. The first kappa shape index (κ1) is 26.4. The third-order valence-corrected chi connectivity index (χ3v) is 5.10. The number of alkyl carbamates (subject to hydrolysis) is 1. The molecule has 0 bridgehead atoms. The molecule has 0 aromatic heterocycles. The van der Waals surface area contributed by atoms with Crippen LogP contribution in [0.15, 0.2) is 30.3 Å². The predicted octanol–water partition coefficient (Wildman–Crippen LogP) is 2.01. The van der Waals surface area contributed by atoms with Crippen LogP contribution in [-0.4, -0.2) is 66.9 Å². The number of halogens is 1. The number of alkyl halides is 1. The van der Waals surface area contributed by atoms with Gasteiger partial charge in [0.15, 0.2) is 0 Å². The van der Waals surface area contributed by atoms with Crippen LogP contribution in [0, 0.1) is 5.92 Å². The van der Waals surface area contributed by atoms with Crippen LogP contribution >= 0.6 is 0 Å². The van der Waals surface area contributed by atoms with Gasteiger partial charge in [-0.3, -0.25) is 9.59 Å². The van der Waals surface area contributed by atoms with Crippen LogP contribution in [0.25, 0.3) is 0 Å². The van der Waals surface area contributed by atoms with E-state index in [9.17, 15) is 23.9 Å². The molecule has 0 aliphatic heterocycles. The number of hydrogen-bond donors (Lipinski definition) is 3. The molecule has 0 saturated carbocycles. The van der Waals surface area contributed by atoms with Gasteiger partial charge in [-0.2, -0.15) is 0 Å². The fourth-order valence-corrected chi connectivity index (χ4v) is 2.84. The average molecular weight is 440 g/mol. The van der Waals surface area contributed by atoms with Crippen molar-refractivity contribution < 1.29 is 28.6 Å². The summed E-state index contributed by atoms with van der Waals surface area (Å²) in [5.74, 6) is -1.01. The van der Waals surface area contributed by atoms with E-state index in [4.69, 9.17) is 4.74 Å². The fourth-order valence-electron chi connectivity index (χ4n) is 2.84. The monoisotopic (exact) mass is 439 g/mol. The van der Waals surface area contributed by atoms with Crippen molar-refractivity contribution in [1.29, 1.82) is 0 Å². The van der Waals surface area contributed by atoms with Gasteiger partial charge in [-0.05, 0) is 17.9 Å². The lowest BCUT2D eigenvalue weighted by Crippen LogP contribution is -2.55. The van der Waals surface area contributed by atoms with Crippen LogP contribution < -0.4 is 10.6 Å². The van der Waals surface area contributed by atoms with E-state index in [0.717, 1.165) is 5.56 Å². The number of amides is 3. The molecular weight excluding hydrogens is 405 g/mol. The highest BCUT2D eigenvalue weighted by Gasteiger charge is 2.30.